The van der Waals surface area contributed by atoms with Crippen molar-refractivity contribution >= 4 is 22.9 Å². The Bertz CT molecular complexity index is 1090. The van der Waals surface area contributed by atoms with Crippen LogP contribution in [0.1, 0.15) is 35.9 Å². The third-order valence-electron chi connectivity index (χ3n) is 5.92. The molecule has 2 aliphatic rings. The van der Waals surface area contributed by atoms with Crippen LogP contribution in [0.2, 0.25) is 0 Å². The van der Waals surface area contributed by atoms with Crippen LogP contribution in [-0.4, -0.2) is 16.6 Å². The number of carbonyl (C=O) groups is 1. The maximum atomic E-state index is 13.4. The molecule has 0 saturated heterocycles. The zero-order chi connectivity index (χ0) is 19.8. The Labute approximate surface area is 169 Å². The van der Waals surface area contributed by atoms with Crippen LogP contribution in [0.5, 0.6) is 5.75 Å². The third kappa shape index (κ3) is 3.31. The number of nitrogens with zero attached hydrogens (tertiary/aromatic N) is 1. The van der Waals surface area contributed by atoms with Crippen LogP contribution in [0.3, 0.4) is 0 Å². The van der Waals surface area contributed by atoms with Gasteiger partial charge in [-0.25, -0.2) is 0 Å². The molecule has 1 fully saturated rings. The van der Waals surface area contributed by atoms with Crippen LogP contribution in [0.15, 0.2) is 83.9 Å². The Hall–Kier alpha value is -3.40. The standard InChI is InChI=1S/C25H22N2O2/c28-19-10-6-9-17(13-19)25-24-22(26-20-11-4-5-12-21(20)27-25)14-18(15-23(24)29)16-7-2-1-3-8-16/h1-13,18,24-25,27-28H,14-15H2/t18-,24?,25+/m0/s1. The van der Waals surface area contributed by atoms with E-state index < -0.39 is 0 Å². The number of aliphatic imine (C=N–C) groups is 1. The fourth-order valence-corrected chi connectivity index (χ4v) is 4.55. The van der Waals surface area contributed by atoms with E-state index in [4.69, 9.17) is 4.99 Å². The number of benzene rings is 3. The van der Waals surface area contributed by atoms with Crippen molar-refractivity contribution in [3.63, 3.8) is 0 Å². The Balaban J connectivity index is 1.61. The molecule has 1 heterocycles. The number of hydrogen-bond acceptors (Lipinski definition) is 4. The van der Waals surface area contributed by atoms with Crippen molar-refractivity contribution in [3.05, 3.63) is 90.0 Å². The lowest BCUT2D eigenvalue weighted by Gasteiger charge is -2.34. The van der Waals surface area contributed by atoms with Gasteiger partial charge < -0.3 is 10.4 Å². The SMILES string of the molecule is O=C1C[C@@H](c2ccccc2)CC2=Nc3ccccc3N[C@H](c3cccc(O)c3)C12. The van der Waals surface area contributed by atoms with Gasteiger partial charge in [-0.1, -0.05) is 54.6 Å². The van der Waals surface area contributed by atoms with E-state index in [1.54, 1.807) is 12.1 Å². The van der Waals surface area contributed by atoms with E-state index in [9.17, 15) is 9.90 Å². The van der Waals surface area contributed by atoms with E-state index in [0.717, 1.165) is 29.1 Å². The predicted octanol–water partition coefficient (Wildman–Crippen LogP) is 5.39. The normalized spacial score (nSPS) is 23.2. The average Bonchev–Trinajstić information content (AvgIpc) is 2.91. The van der Waals surface area contributed by atoms with Crippen molar-refractivity contribution in [1.82, 2.24) is 0 Å². The number of anilines is 1. The molecular formula is C25H22N2O2. The summed E-state index contributed by atoms with van der Waals surface area (Å²) in [7, 11) is 0. The number of rotatable bonds is 2. The van der Waals surface area contributed by atoms with Crippen molar-refractivity contribution in [2.75, 3.05) is 5.32 Å². The molecule has 1 aliphatic carbocycles. The topological polar surface area (TPSA) is 61.7 Å². The van der Waals surface area contributed by atoms with E-state index in [0.29, 0.717) is 6.42 Å². The van der Waals surface area contributed by atoms with Gasteiger partial charge in [0, 0.05) is 12.1 Å². The summed E-state index contributed by atoms with van der Waals surface area (Å²) in [6.45, 7) is 0. The van der Waals surface area contributed by atoms with Crippen molar-refractivity contribution in [2.24, 2.45) is 10.9 Å². The molecule has 1 unspecified atom stereocenters. The monoisotopic (exact) mass is 382 g/mol. The maximum Gasteiger partial charge on any atom is 0.144 e. The van der Waals surface area contributed by atoms with E-state index in [-0.39, 0.29) is 29.4 Å². The number of aromatic hydroxyl groups is 1. The van der Waals surface area contributed by atoms with Gasteiger partial charge in [0.2, 0.25) is 0 Å². The number of ketones is 1. The smallest absolute Gasteiger partial charge is 0.144 e. The molecule has 29 heavy (non-hydrogen) atoms. The number of para-hydroxylation sites is 2. The lowest BCUT2D eigenvalue weighted by atomic mass is 9.72. The second-order valence-electron chi connectivity index (χ2n) is 7.80. The summed E-state index contributed by atoms with van der Waals surface area (Å²) < 4.78 is 0. The number of nitrogens with one attached hydrogen (secondary N) is 1. The fraction of sp³-hybridized carbons (Fsp3) is 0.200. The molecule has 3 atom stereocenters. The van der Waals surface area contributed by atoms with Gasteiger partial charge in [0.05, 0.1) is 23.3 Å². The van der Waals surface area contributed by atoms with Gasteiger partial charge in [-0.3, -0.25) is 9.79 Å². The van der Waals surface area contributed by atoms with Crippen LogP contribution in [0.25, 0.3) is 0 Å². The molecule has 4 nitrogen and oxygen atoms in total. The van der Waals surface area contributed by atoms with Crippen molar-refractivity contribution in [2.45, 2.75) is 24.8 Å². The molecule has 2 N–H and O–H groups in total. The molecule has 144 valence electrons. The highest BCUT2D eigenvalue weighted by atomic mass is 16.3. The molecule has 0 amide bonds. The average molecular weight is 382 g/mol. The molecule has 0 spiro atoms. The summed E-state index contributed by atoms with van der Waals surface area (Å²) in [5.41, 5.74) is 4.76. The Morgan fingerprint density at radius 1 is 0.862 bits per heavy atom. The molecule has 4 heteroatoms. The largest absolute Gasteiger partial charge is 0.508 e. The number of phenols is 1. The molecule has 0 aromatic heterocycles. The first kappa shape index (κ1) is 17.7. The number of phenolic OH excluding ortho intramolecular Hbond substituents is 1. The minimum absolute atomic E-state index is 0.147. The Morgan fingerprint density at radius 3 is 2.45 bits per heavy atom. The zero-order valence-corrected chi connectivity index (χ0v) is 16.0. The third-order valence-corrected chi connectivity index (χ3v) is 5.92. The number of carbonyl (C=O) groups excluding carboxylic acids is 1. The van der Waals surface area contributed by atoms with Crippen LogP contribution in [-0.2, 0) is 4.79 Å². The minimum Gasteiger partial charge on any atom is -0.508 e. The summed E-state index contributed by atoms with van der Waals surface area (Å²) in [5.74, 6) is 0.196. The second kappa shape index (κ2) is 7.21. The van der Waals surface area contributed by atoms with E-state index in [1.807, 2.05) is 54.6 Å². The molecule has 3 aromatic rings. The van der Waals surface area contributed by atoms with Gasteiger partial charge in [-0.15, -0.1) is 0 Å². The highest BCUT2D eigenvalue weighted by Crippen LogP contribution is 2.44. The zero-order valence-electron chi connectivity index (χ0n) is 16.0. The molecular weight excluding hydrogens is 360 g/mol. The first-order chi connectivity index (χ1) is 14.2. The van der Waals surface area contributed by atoms with Gasteiger partial charge in [-0.05, 0) is 47.7 Å². The predicted molar refractivity (Wildman–Crippen MR) is 115 cm³/mol. The number of hydrogen-bond donors (Lipinski definition) is 2. The van der Waals surface area contributed by atoms with Crippen molar-refractivity contribution in [3.8, 4) is 5.75 Å². The summed E-state index contributed by atoms with van der Waals surface area (Å²) in [5, 5.41) is 13.6. The number of Topliss-reactive ketones (excluding diaryl/α,β-unsaturated/α-hetero) is 1. The summed E-state index contributed by atoms with van der Waals surface area (Å²) in [4.78, 5) is 18.4. The fourth-order valence-electron chi connectivity index (χ4n) is 4.55. The highest BCUT2D eigenvalue weighted by Gasteiger charge is 2.41. The van der Waals surface area contributed by atoms with Crippen molar-refractivity contribution < 1.29 is 9.90 Å². The lowest BCUT2D eigenvalue weighted by Crippen LogP contribution is -2.38. The van der Waals surface area contributed by atoms with E-state index >= 15 is 0 Å². The number of fused-ring (bicyclic) bond motifs is 2. The molecule has 3 aromatic carbocycles. The van der Waals surface area contributed by atoms with E-state index in [1.165, 1.54) is 5.56 Å². The van der Waals surface area contributed by atoms with Crippen LogP contribution >= 0.6 is 0 Å². The first-order valence-electron chi connectivity index (χ1n) is 9.98. The highest BCUT2D eigenvalue weighted by molar-refractivity contribution is 6.10. The van der Waals surface area contributed by atoms with Crippen LogP contribution < -0.4 is 5.32 Å². The quantitative estimate of drug-likeness (QED) is 0.624. The van der Waals surface area contributed by atoms with Gasteiger partial charge in [0.25, 0.3) is 0 Å². The summed E-state index contributed by atoms with van der Waals surface area (Å²) in [6, 6.07) is 25.0. The second-order valence-corrected chi connectivity index (χ2v) is 7.80. The van der Waals surface area contributed by atoms with Gasteiger partial charge in [0.1, 0.15) is 11.5 Å². The van der Waals surface area contributed by atoms with Gasteiger partial charge in [0.15, 0.2) is 0 Å². The first-order valence-corrected chi connectivity index (χ1v) is 9.98. The van der Waals surface area contributed by atoms with Crippen molar-refractivity contribution in [1.29, 1.82) is 0 Å². The van der Waals surface area contributed by atoms with Gasteiger partial charge in [-0.2, -0.15) is 0 Å². The molecule has 0 radical (unpaired) electrons. The summed E-state index contributed by atoms with van der Waals surface area (Å²) in [6.07, 6.45) is 1.26. The molecule has 0 bridgehead atoms. The maximum absolute atomic E-state index is 13.4. The molecule has 1 aliphatic heterocycles. The van der Waals surface area contributed by atoms with E-state index in [2.05, 4.69) is 17.4 Å². The molecule has 5 rings (SSSR count). The summed E-state index contributed by atoms with van der Waals surface area (Å²) >= 11 is 0. The Morgan fingerprint density at radius 2 is 1.62 bits per heavy atom. The van der Waals surface area contributed by atoms with Crippen LogP contribution in [0, 0.1) is 5.92 Å². The van der Waals surface area contributed by atoms with Crippen LogP contribution in [0.4, 0.5) is 11.4 Å². The minimum atomic E-state index is -0.343. The Kier molecular flexibility index (Phi) is 4.39. The van der Waals surface area contributed by atoms with Gasteiger partial charge >= 0.3 is 0 Å². The lowest BCUT2D eigenvalue weighted by molar-refractivity contribution is -0.122. The molecule has 1 saturated carbocycles.